The Kier molecular flexibility index (Phi) is 4.36. The van der Waals surface area contributed by atoms with Gasteiger partial charge >= 0.3 is 0 Å². The quantitative estimate of drug-likeness (QED) is 0.447. The fraction of sp³-hybridized carbons (Fsp3) is 0. The minimum atomic E-state index is -0.382. The highest BCUT2D eigenvalue weighted by Crippen LogP contribution is 2.33. The lowest BCUT2D eigenvalue weighted by Crippen LogP contribution is -2.02. The Balaban J connectivity index is 1.75. The Morgan fingerprint density at radius 3 is 2.23 bits per heavy atom. The molecule has 8 heteroatoms. The number of nitrogens with zero attached hydrogens (tertiary/aromatic N) is 6. The molecule has 0 bridgehead atoms. The van der Waals surface area contributed by atoms with Crippen molar-refractivity contribution in [2.75, 3.05) is 0 Å². The van der Waals surface area contributed by atoms with Crippen molar-refractivity contribution in [3.63, 3.8) is 0 Å². The predicted molar refractivity (Wildman–Crippen MR) is 107 cm³/mol. The summed E-state index contributed by atoms with van der Waals surface area (Å²) in [6.45, 7) is 0. The molecule has 0 N–H and O–H groups in total. The molecular weight excluding hydrogens is 386 g/mol. The monoisotopic (exact) mass is 400 g/mol. The molecule has 0 saturated carbocycles. The zero-order chi connectivity index (χ0) is 20.5. The maximum Gasteiger partial charge on any atom is 0.190 e. The highest BCUT2D eigenvalue weighted by molar-refractivity contribution is 5.79. The summed E-state index contributed by atoms with van der Waals surface area (Å²) in [7, 11) is 0. The molecule has 30 heavy (non-hydrogen) atoms. The highest BCUT2D eigenvalue weighted by atomic mass is 19.1. The summed E-state index contributed by atoms with van der Waals surface area (Å²) in [5.41, 5.74) is 3.19. The van der Waals surface area contributed by atoms with Crippen molar-refractivity contribution in [3.8, 4) is 34.0 Å². The number of hydrogen-bond acceptors (Lipinski definition) is 4. The molecule has 5 aromatic rings. The molecular formula is C22H14F2N6. The molecule has 0 amide bonds. The average Bonchev–Trinajstić information content (AvgIpc) is 3.42. The van der Waals surface area contributed by atoms with E-state index in [0.717, 1.165) is 5.69 Å². The van der Waals surface area contributed by atoms with Crippen molar-refractivity contribution in [2.45, 2.75) is 0 Å². The Labute approximate surface area is 170 Å². The van der Waals surface area contributed by atoms with E-state index in [4.69, 9.17) is 0 Å². The third-order valence-corrected chi connectivity index (χ3v) is 4.65. The van der Waals surface area contributed by atoms with Crippen LogP contribution < -0.4 is 0 Å². The first-order valence-electron chi connectivity index (χ1n) is 9.15. The number of benzene rings is 3. The van der Waals surface area contributed by atoms with Gasteiger partial charge in [-0.1, -0.05) is 30.3 Å². The fourth-order valence-electron chi connectivity index (χ4n) is 3.30. The van der Waals surface area contributed by atoms with E-state index in [1.165, 1.54) is 24.3 Å². The van der Waals surface area contributed by atoms with Gasteiger partial charge in [0.2, 0.25) is 0 Å². The van der Waals surface area contributed by atoms with Crippen LogP contribution in [0.25, 0.3) is 34.0 Å². The van der Waals surface area contributed by atoms with Crippen LogP contribution in [-0.4, -0.2) is 30.0 Å². The third-order valence-electron chi connectivity index (χ3n) is 4.65. The van der Waals surface area contributed by atoms with E-state index in [-0.39, 0.29) is 11.6 Å². The molecule has 6 nitrogen and oxygen atoms in total. The summed E-state index contributed by atoms with van der Waals surface area (Å²) < 4.78 is 30.7. The molecule has 0 radical (unpaired) electrons. The summed E-state index contributed by atoms with van der Waals surface area (Å²) in [5.74, 6) is -0.284. The van der Waals surface area contributed by atoms with Gasteiger partial charge in [0.15, 0.2) is 5.82 Å². The number of hydrogen-bond donors (Lipinski definition) is 0. The molecule has 0 aliphatic heterocycles. The van der Waals surface area contributed by atoms with Gasteiger partial charge in [0.1, 0.15) is 11.6 Å². The first-order chi connectivity index (χ1) is 14.7. The van der Waals surface area contributed by atoms with Crippen molar-refractivity contribution >= 4 is 0 Å². The molecule has 3 aromatic carbocycles. The number of tetrazole rings is 1. The second kappa shape index (κ2) is 7.32. The SMILES string of the molecule is Fc1ccc(-n2ncc(-c3nnnn3-c3ccccc3)c2-c2cccc(F)c2)cc1. The minimum Gasteiger partial charge on any atom is -0.232 e. The summed E-state index contributed by atoms with van der Waals surface area (Å²) in [6, 6.07) is 21.5. The first kappa shape index (κ1) is 17.9. The van der Waals surface area contributed by atoms with E-state index in [0.29, 0.717) is 28.3 Å². The van der Waals surface area contributed by atoms with Gasteiger partial charge in [-0.3, -0.25) is 0 Å². The van der Waals surface area contributed by atoms with Gasteiger partial charge in [-0.25, -0.2) is 13.5 Å². The minimum absolute atomic E-state index is 0.355. The number of halogens is 2. The van der Waals surface area contributed by atoms with E-state index in [1.54, 1.807) is 39.8 Å². The normalized spacial score (nSPS) is 11.0. The van der Waals surface area contributed by atoms with Gasteiger partial charge in [-0.2, -0.15) is 9.78 Å². The molecule has 2 heterocycles. The lowest BCUT2D eigenvalue weighted by atomic mass is 10.1. The summed E-state index contributed by atoms with van der Waals surface area (Å²) >= 11 is 0. The molecule has 0 atom stereocenters. The predicted octanol–water partition coefficient (Wildman–Crippen LogP) is 4.46. The van der Waals surface area contributed by atoms with Crippen LogP contribution in [0.2, 0.25) is 0 Å². The summed E-state index contributed by atoms with van der Waals surface area (Å²) in [4.78, 5) is 0. The second-order valence-corrected chi connectivity index (χ2v) is 6.56. The van der Waals surface area contributed by atoms with Crippen LogP contribution in [0, 0.1) is 11.6 Å². The average molecular weight is 400 g/mol. The molecule has 2 aromatic heterocycles. The molecule has 0 aliphatic rings. The van der Waals surface area contributed by atoms with Crippen LogP contribution in [0.5, 0.6) is 0 Å². The van der Waals surface area contributed by atoms with Gasteiger partial charge in [0.05, 0.1) is 28.8 Å². The van der Waals surface area contributed by atoms with E-state index < -0.39 is 0 Å². The van der Waals surface area contributed by atoms with Crippen molar-refractivity contribution < 1.29 is 8.78 Å². The van der Waals surface area contributed by atoms with Crippen LogP contribution in [-0.2, 0) is 0 Å². The van der Waals surface area contributed by atoms with Crippen molar-refractivity contribution in [1.82, 2.24) is 30.0 Å². The van der Waals surface area contributed by atoms with E-state index in [9.17, 15) is 8.78 Å². The second-order valence-electron chi connectivity index (χ2n) is 6.56. The highest BCUT2D eigenvalue weighted by Gasteiger charge is 2.21. The van der Waals surface area contributed by atoms with Crippen LogP contribution in [0.15, 0.2) is 85.1 Å². The maximum absolute atomic E-state index is 14.0. The Bertz CT molecular complexity index is 1310. The smallest absolute Gasteiger partial charge is 0.190 e. The van der Waals surface area contributed by atoms with Crippen LogP contribution in [0.1, 0.15) is 0 Å². The van der Waals surface area contributed by atoms with E-state index in [2.05, 4.69) is 20.6 Å². The van der Waals surface area contributed by atoms with Gasteiger partial charge in [-0.05, 0) is 59.0 Å². The number of aromatic nitrogens is 6. The topological polar surface area (TPSA) is 61.4 Å². The van der Waals surface area contributed by atoms with Crippen LogP contribution in [0.4, 0.5) is 8.78 Å². The Morgan fingerprint density at radius 1 is 0.700 bits per heavy atom. The zero-order valence-electron chi connectivity index (χ0n) is 15.5. The Hall–Kier alpha value is -4.20. The third kappa shape index (κ3) is 3.14. The molecule has 146 valence electrons. The van der Waals surface area contributed by atoms with E-state index in [1.807, 2.05) is 30.3 Å². The van der Waals surface area contributed by atoms with Crippen molar-refractivity contribution in [1.29, 1.82) is 0 Å². The summed E-state index contributed by atoms with van der Waals surface area (Å²) in [5, 5.41) is 16.6. The molecule has 0 fully saturated rings. The maximum atomic E-state index is 14.0. The zero-order valence-corrected chi connectivity index (χ0v) is 15.5. The fourth-order valence-corrected chi connectivity index (χ4v) is 3.30. The first-order valence-corrected chi connectivity index (χ1v) is 9.15. The van der Waals surface area contributed by atoms with Gasteiger partial charge in [0.25, 0.3) is 0 Å². The van der Waals surface area contributed by atoms with Crippen molar-refractivity contribution in [3.05, 3.63) is 96.7 Å². The van der Waals surface area contributed by atoms with Gasteiger partial charge < -0.3 is 0 Å². The number of rotatable bonds is 4. The lowest BCUT2D eigenvalue weighted by molar-refractivity contribution is 0.627. The van der Waals surface area contributed by atoms with Gasteiger partial charge in [0, 0.05) is 5.56 Å². The van der Waals surface area contributed by atoms with Crippen LogP contribution in [0.3, 0.4) is 0 Å². The van der Waals surface area contributed by atoms with Gasteiger partial charge in [-0.15, -0.1) is 5.10 Å². The largest absolute Gasteiger partial charge is 0.232 e. The van der Waals surface area contributed by atoms with Crippen molar-refractivity contribution in [2.24, 2.45) is 0 Å². The lowest BCUT2D eigenvalue weighted by Gasteiger charge is -2.11. The molecule has 0 unspecified atom stereocenters. The molecule has 0 spiro atoms. The molecule has 0 saturated heterocycles. The van der Waals surface area contributed by atoms with Crippen LogP contribution >= 0.6 is 0 Å². The number of para-hydroxylation sites is 1. The Morgan fingerprint density at radius 2 is 1.47 bits per heavy atom. The summed E-state index contributed by atoms with van der Waals surface area (Å²) in [6.07, 6.45) is 1.62. The molecule has 0 aliphatic carbocycles. The molecule has 5 rings (SSSR count). The standard InChI is InChI=1S/C22H14F2N6/c23-16-9-11-19(12-10-16)29-21(15-5-4-6-17(24)13-15)20(14-25-29)22-26-27-28-30(22)18-7-2-1-3-8-18/h1-14H. The van der Waals surface area contributed by atoms with E-state index >= 15 is 0 Å².